The van der Waals surface area contributed by atoms with Gasteiger partial charge in [-0.05, 0) is 42.7 Å². The maximum atomic E-state index is 9.02. The van der Waals surface area contributed by atoms with Crippen molar-refractivity contribution in [2.45, 2.75) is 20.3 Å². The van der Waals surface area contributed by atoms with Crippen LogP contribution in [0.1, 0.15) is 30.5 Å². The average Bonchev–Trinajstić information content (AvgIpc) is 2.47. The van der Waals surface area contributed by atoms with E-state index in [1.807, 2.05) is 43.3 Å². The number of pyridine rings is 1. The van der Waals surface area contributed by atoms with Gasteiger partial charge in [-0.1, -0.05) is 25.1 Å². The van der Waals surface area contributed by atoms with E-state index in [0.717, 1.165) is 28.8 Å². The fourth-order valence-electron chi connectivity index (χ4n) is 2.21. The van der Waals surface area contributed by atoms with Crippen molar-refractivity contribution < 1.29 is 0 Å². The van der Waals surface area contributed by atoms with Crippen LogP contribution < -0.4 is 5.73 Å². The molecule has 0 saturated carbocycles. The van der Waals surface area contributed by atoms with Gasteiger partial charge in [-0.15, -0.1) is 0 Å². The number of allylic oxidation sites excluding steroid dienone is 1. The maximum absolute atomic E-state index is 9.02. The Balaban J connectivity index is 2.66. The number of hydrogen-bond donors (Lipinski definition) is 1. The van der Waals surface area contributed by atoms with Gasteiger partial charge in [0.2, 0.25) is 0 Å². The molecule has 2 rings (SSSR count). The molecule has 2 aromatic rings. The average molecular weight is 263 g/mol. The fraction of sp³-hybridized carbons (Fsp3) is 0.176. The normalized spacial score (nSPS) is 10.7. The van der Waals surface area contributed by atoms with E-state index in [1.54, 1.807) is 6.20 Å². The monoisotopic (exact) mass is 263 g/mol. The Labute approximate surface area is 119 Å². The number of nitrogen functional groups attached to an aromatic ring is 1. The lowest BCUT2D eigenvalue weighted by atomic mass is 9.97. The van der Waals surface area contributed by atoms with E-state index in [1.165, 1.54) is 0 Å². The molecule has 3 heteroatoms. The molecule has 0 amide bonds. The van der Waals surface area contributed by atoms with E-state index >= 15 is 0 Å². The van der Waals surface area contributed by atoms with E-state index in [4.69, 9.17) is 11.0 Å². The molecular weight excluding hydrogens is 246 g/mol. The first kappa shape index (κ1) is 13.8. The Morgan fingerprint density at radius 3 is 2.80 bits per heavy atom. The zero-order chi connectivity index (χ0) is 14.5. The molecular formula is C17H17N3. The fourth-order valence-corrected chi connectivity index (χ4v) is 2.21. The number of aryl methyl sites for hydroxylation is 1. The number of hydrogen-bond acceptors (Lipinski definition) is 3. The smallest absolute Gasteiger partial charge is 0.0991 e. The molecule has 0 unspecified atom stereocenters. The molecule has 0 saturated heterocycles. The molecule has 0 fully saturated rings. The Hall–Kier alpha value is -2.60. The first-order valence-electron chi connectivity index (χ1n) is 6.61. The third kappa shape index (κ3) is 2.70. The number of benzene rings is 1. The Bertz CT molecular complexity index is 694. The molecule has 2 N–H and O–H groups in total. The lowest BCUT2D eigenvalue weighted by Gasteiger charge is -2.11. The highest BCUT2D eigenvalue weighted by molar-refractivity contribution is 5.76. The van der Waals surface area contributed by atoms with Gasteiger partial charge in [-0.25, -0.2) is 0 Å². The largest absolute Gasteiger partial charge is 0.397 e. The predicted molar refractivity (Wildman–Crippen MR) is 82.9 cm³/mol. The quantitative estimate of drug-likeness (QED) is 0.916. The van der Waals surface area contributed by atoms with Crippen LogP contribution in [0, 0.1) is 11.3 Å². The Morgan fingerprint density at radius 2 is 2.15 bits per heavy atom. The summed E-state index contributed by atoms with van der Waals surface area (Å²) in [6, 6.07) is 9.78. The number of nitriles is 1. The summed E-state index contributed by atoms with van der Waals surface area (Å²) in [4.78, 5) is 4.48. The zero-order valence-corrected chi connectivity index (χ0v) is 11.7. The van der Waals surface area contributed by atoms with Gasteiger partial charge >= 0.3 is 0 Å². The number of anilines is 1. The third-order valence-electron chi connectivity index (χ3n) is 3.15. The SMILES string of the molecule is C/C=C/c1cc(C#N)ccc1-c1ncc(N)cc1CC. The molecule has 3 nitrogen and oxygen atoms in total. The summed E-state index contributed by atoms with van der Waals surface area (Å²) in [6.45, 7) is 4.04. The van der Waals surface area contributed by atoms with Gasteiger partial charge < -0.3 is 5.73 Å². The van der Waals surface area contributed by atoms with Crippen molar-refractivity contribution in [2.75, 3.05) is 5.73 Å². The van der Waals surface area contributed by atoms with Gasteiger partial charge in [0.1, 0.15) is 0 Å². The second kappa shape index (κ2) is 6.03. The molecule has 0 aliphatic carbocycles. The molecule has 1 aromatic heterocycles. The van der Waals surface area contributed by atoms with Crippen molar-refractivity contribution in [3.05, 3.63) is 53.2 Å². The number of rotatable bonds is 3. The lowest BCUT2D eigenvalue weighted by molar-refractivity contribution is 1.11. The van der Waals surface area contributed by atoms with Gasteiger partial charge in [0.25, 0.3) is 0 Å². The summed E-state index contributed by atoms with van der Waals surface area (Å²) in [6.07, 6.45) is 6.49. The second-order valence-corrected chi connectivity index (χ2v) is 4.54. The minimum absolute atomic E-state index is 0.648. The summed E-state index contributed by atoms with van der Waals surface area (Å²) in [5.41, 5.74) is 11.2. The summed E-state index contributed by atoms with van der Waals surface area (Å²) < 4.78 is 0. The van der Waals surface area contributed by atoms with Crippen LogP contribution >= 0.6 is 0 Å². The molecule has 0 bridgehead atoms. The summed E-state index contributed by atoms with van der Waals surface area (Å²) in [5, 5.41) is 9.02. The van der Waals surface area contributed by atoms with E-state index in [-0.39, 0.29) is 0 Å². The molecule has 0 spiro atoms. The molecule has 0 radical (unpaired) electrons. The Kier molecular flexibility index (Phi) is 4.17. The number of aromatic nitrogens is 1. The maximum Gasteiger partial charge on any atom is 0.0991 e. The van der Waals surface area contributed by atoms with Crippen LogP contribution in [0.5, 0.6) is 0 Å². The molecule has 1 heterocycles. The molecule has 0 aliphatic heterocycles. The molecule has 0 atom stereocenters. The van der Waals surface area contributed by atoms with Crippen molar-refractivity contribution >= 4 is 11.8 Å². The van der Waals surface area contributed by atoms with Gasteiger partial charge in [-0.2, -0.15) is 5.26 Å². The van der Waals surface area contributed by atoms with Crippen LogP contribution in [0.25, 0.3) is 17.3 Å². The van der Waals surface area contributed by atoms with E-state index in [2.05, 4.69) is 18.0 Å². The molecule has 20 heavy (non-hydrogen) atoms. The van der Waals surface area contributed by atoms with Crippen molar-refractivity contribution in [1.82, 2.24) is 4.98 Å². The topological polar surface area (TPSA) is 62.7 Å². The standard InChI is InChI=1S/C17H17N3/c1-3-5-14-8-12(10-18)6-7-16(14)17-13(4-2)9-15(19)11-20-17/h3,5-9,11H,4,19H2,1-2H3/b5-3+. The van der Waals surface area contributed by atoms with Gasteiger partial charge in [0.05, 0.1) is 29.2 Å². The number of nitrogens with two attached hydrogens (primary N) is 1. The van der Waals surface area contributed by atoms with Crippen molar-refractivity contribution in [3.63, 3.8) is 0 Å². The van der Waals surface area contributed by atoms with E-state index in [9.17, 15) is 0 Å². The van der Waals surface area contributed by atoms with Crippen LogP contribution in [0.15, 0.2) is 36.5 Å². The van der Waals surface area contributed by atoms with Crippen molar-refractivity contribution in [1.29, 1.82) is 5.26 Å². The highest BCUT2D eigenvalue weighted by Gasteiger charge is 2.10. The predicted octanol–water partition coefficient (Wildman–Crippen LogP) is 3.80. The van der Waals surface area contributed by atoms with Crippen LogP contribution in [0.4, 0.5) is 5.69 Å². The molecule has 0 aliphatic rings. The zero-order valence-electron chi connectivity index (χ0n) is 11.7. The van der Waals surface area contributed by atoms with Gasteiger partial charge in [0.15, 0.2) is 0 Å². The third-order valence-corrected chi connectivity index (χ3v) is 3.15. The minimum atomic E-state index is 0.648. The first-order chi connectivity index (χ1) is 9.69. The second-order valence-electron chi connectivity index (χ2n) is 4.54. The van der Waals surface area contributed by atoms with Crippen LogP contribution in [-0.2, 0) is 6.42 Å². The molecule has 100 valence electrons. The number of nitrogens with zero attached hydrogens (tertiary/aromatic N) is 2. The summed E-state index contributed by atoms with van der Waals surface area (Å²) >= 11 is 0. The molecule has 1 aromatic carbocycles. The highest BCUT2D eigenvalue weighted by Crippen LogP contribution is 2.28. The summed E-state index contributed by atoms with van der Waals surface area (Å²) in [7, 11) is 0. The van der Waals surface area contributed by atoms with E-state index < -0.39 is 0 Å². The van der Waals surface area contributed by atoms with Gasteiger partial charge in [0, 0.05) is 5.56 Å². The van der Waals surface area contributed by atoms with Crippen LogP contribution in [-0.4, -0.2) is 4.98 Å². The highest BCUT2D eigenvalue weighted by atomic mass is 14.7. The first-order valence-corrected chi connectivity index (χ1v) is 6.61. The van der Waals surface area contributed by atoms with Crippen LogP contribution in [0.2, 0.25) is 0 Å². The Morgan fingerprint density at radius 1 is 1.35 bits per heavy atom. The minimum Gasteiger partial charge on any atom is -0.397 e. The van der Waals surface area contributed by atoms with Crippen molar-refractivity contribution in [2.24, 2.45) is 0 Å². The summed E-state index contributed by atoms with van der Waals surface area (Å²) in [5.74, 6) is 0. The van der Waals surface area contributed by atoms with Crippen LogP contribution in [0.3, 0.4) is 0 Å². The van der Waals surface area contributed by atoms with E-state index in [0.29, 0.717) is 11.3 Å². The van der Waals surface area contributed by atoms with Gasteiger partial charge in [-0.3, -0.25) is 4.98 Å². The lowest BCUT2D eigenvalue weighted by Crippen LogP contribution is -1.97. The van der Waals surface area contributed by atoms with Crippen molar-refractivity contribution in [3.8, 4) is 17.3 Å².